The molecule has 0 radical (unpaired) electrons. The first-order valence-corrected chi connectivity index (χ1v) is 11.2. The number of hydrogen-bond acceptors (Lipinski definition) is 3. The van der Waals surface area contributed by atoms with Crippen LogP contribution in [0, 0.1) is 0 Å². The molecule has 2 heterocycles. The number of carboxylic acid groups (broad SMARTS) is 1. The van der Waals surface area contributed by atoms with Crippen LogP contribution in [-0.2, 0) is 17.6 Å². The number of amides is 1. The van der Waals surface area contributed by atoms with Crippen LogP contribution in [0.15, 0.2) is 66.7 Å². The quantitative estimate of drug-likeness (QED) is 0.352. The van der Waals surface area contributed by atoms with Crippen LogP contribution < -0.4 is 5.73 Å². The van der Waals surface area contributed by atoms with Crippen molar-refractivity contribution in [3.63, 3.8) is 0 Å². The molecule has 0 fully saturated rings. The van der Waals surface area contributed by atoms with E-state index in [2.05, 4.69) is 19.1 Å². The molecule has 3 N–H and O–H groups in total. The fourth-order valence-electron chi connectivity index (χ4n) is 4.28. The van der Waals surface area contributed by atoms with Crippen molar-refractivity contribution in [1.29, 1.82) is 0 Å². The summed E-state index contributed by atoms with van der Waals surface area (Å²) >= 11 is 0. The number of unbranched alkanes of at least 4 members (excludes halogenated alkanes) is 1. The summed E-state index contributed by atoms with van der Waals surface area (Å²) in [5.41, 5.74) is 12.9. The number of aliphatic carboxylic acids is 1. The Bertz CT molecular complexity index is 1310. The minimum absolute atomic E-state index is 0.133. The van der Waals surface area contributed by atoms with Gasteiger partial charge in [0.15, 0.2) is 0 Å². The van der Waals surface area contributed by atoms with Crippen LogP contribution in [-0.4, -0.2) is 26.6 Å². The number of aromatic nitrogens is 2. The third-order valence-corrected chi connectivity index (χ3v) is 5.89. The molecular formula is C27H27N3O3. The molecule has 33 heavy (non-hydrogen) atoms. The van der Waals surface area contributed by atoms with Gasteiger partial charge in [0.1, 0.15) is 0 Å². The number of rotatable bonds is 9. The molecule has 2 aromatic carbocycles. The minimum atomic E-state index is -0.791. The van der Waals surface area contributed by atoms with Gasteiger partial charge in [-0.25, -0.2) is 4.52 Å². The first-order chi connectivity index (χ1) is 16.0. The van der Waals surface area contributed by atoms with Gasteiger partial charge in [-0.3, -0.25) is 9.59 Å². The van der Waals surface area contributed by atoms with E-state index in [1.165, 1.54) is 0 Å². The lowest BCUT2D eigenvalue weighted by Gasteiger charge is -2.18. The van der Waals surface area contributed by atoms with Gasteiger partial charge >= 0.3 is 5.97 Å². The number of carboxylic acids is 1. The fraction of sp³-hybridized carbons (Fsp3) is 0.222. The summed E-state index contributed by atoms with van der Waals surface area (Å²) in [5, 5.41) is 14.1. The number of aryl methyl sites for hydroxylation is 1. The van der Waals surface area contributed by atoms with E-state index in [9.17, 15) is 9.59 Å². The average molecular weight is 442 g/mol. The smallest absolute Gasteiger partial charge is 0.303 e. The summed E-state index contributed by atoms with van der Waals surface area (Å²) in [7, 11) is 0. The van der Waals surface area contributed by atoms with Gasteiger partial charge in [0.25, 0.3) is 0 Å². The molecular weight excluding hydrogens is 414 g/mol. The van der Waals surface area contributed by atoms with Crippen molar-refractivity contribution in [1.82, 2.24) is 9.61 Å². The zero-order valence-corrected chi connectivity index (χ0v) is 18.6. The molecule has 2 aromatic heterocycles. The summed E-state index contributed by atoms with van der Waals surface area (Å²) in [6.45, 7) is 2.10. The molecule has 0 bridgehead atoms. The van der Waals surface area contributed by atoms with Crippen LogP contribution in [0.3, 0.4) is 0 Å². The van der Waals surface area contributed by atoms with Crippen molar-refractivity contribution in [2.45, 2.75) is 39.0 Å². The molecule has 0 atom stereocenters. The van der Waals surface area contributed by atoms with E-state index >= 15 is 0 Å². The lowest BCUT2D eigenvalue weighted by atomic mass is 9.91. The van der Waals surface area contributed by atoms with Gasteiger partial charge in [0.2, 0.25) is 5.91 Å². The third-order valence-electron chi connectivity index (χ3n) is 5.89. The van der Waals surface area contributed by atoms with E-state index in [-0.39, 0.29) is 6.42 Å². The number of benzene rings is 2. The van der Waals surface area contributed by atoms with Crippen molar-refractivity contribution in [3.8, 4) is 22.4 Å². The minimum Gasteiger partial charge on any atom is -0.481 e. The predicted molar refractivity (Wildman–Crippen MR) is 129 cm³/mol. The molecule has 6 nitrogen and oxygen atoms in total. The topological polar surface area (TPSA) is 97.7 Å². The molecule has 0 aliphatic carbocycles. The highest BCUT2D eigenvalue weighted by Gasteiger charge is 2.20. The van der Waals surface area contributed by atoms with Gasteiger partial charge in [-0.15, -0.1) is 0 Å². The zero-order chi connectivity index (χ0) is 23.4. The number of carbonyl (C=O) groups excluding carboxylic acids is 1. The molecule has 0 unspecified atom stereocenters. The molecule has 0 spiro atoms. The maximum Gasteiger partial charge on any atom is 0.303 e. The van der Waals surface area contributed by atoms with E-state index in [1.807, 2.05) is 53.0 Å². The monoisotopic (exact) mass is 441 g/mol. The first kappa shape index (κ1) is 22.3. The highest BCUT2D eigenvalue weighted by atomic mass is 16.4. The standard InChI is InChI=1S/C27H27N3O3/c1-2-21-15-16-23-25(19-11-8-12-20(17-19)27(28)33)22(13-6-7-14-24(31)32)26(29-30(21)23)18-9-4-3-5-10-18/h3-5,8-12,15-17H,2,6-7,13-14H2,1H3,(H2,28,33)(H,31,32). The van der Waals surface area contributed by atoms with Gasteiger partial charge in [-0.1, -0.05) is 49.4 Å². The fourth-order valence-corrected chi connectivity index (χ4v) is 4.28. The van der Waals surface area contributed by atoms with Crippen LogP contribution >= 0.6 is 0 Å². The molecule has 6 heteroatoms. The Morgan fingerprint density at radius 2 is 1.73 bits per heavy atom. The Hall–Kier alpha value is -3.93. The highest BCUT2D eigenvalue weighted by molar-refractivity contribution is 5.96. The van der Waals surface area contributed by atoms with Crippen LogP contribution in [0.5, 0.6) is 0 Å². The molecule has 0 saturated heterocycles. The van der Waals surface area contributed by atoms with E-state index in [4.69, 9.17) is 15.9 Å². The second kappa shape index (κ2) is 9.69. The van der Waals surface area contributed by atoms with E-state index < -0.39 is 11.9 Å². The van der Waals surface area contributed by atoms with Crippen LogP contribution in [0.1, 0.15) is 47.8 Å². The molecule has 4 rings (SSSR count). The van der Waals surface area contributed by atoms with E-state index in [1.54, 1.807) is 6.07 Å². The summed E-state index contributed by atoms with van der Waals surface area (Å²) in [6.07, 6.45) is 2.93. The summed E-state index contributed by atoms with van der Waals surface area (Å²) < 4.78 is 1.98. The lowest BCUT2D eigenvalue weighted by molar-refractivity contribution is -0.137. The number of hydrogen-bond donors (Lipinski definition) is 2. The summed E-state index contributed by atoms with van der Waals surface area (Å²) in [4.78, 5) is 22.9. The van der Waals surface area contributed by atoms with Gasteiger partial charge in [0, 0.05) is 28.8 Å². The van der Waals surface area contributed by atoms with E-state index in [0.29, 0.717) is 24.8 Å². The SMILES string of the molecule is CCc1ccc2c(-c3cccc(C(N)=O)c3)c(CCCCC(=O)O)c(-c3ccccc3)nn12. The normalized spacial score (nSPS) is 11.1. The van der Waals surface area contributed by atoms with Crippen LogP contribution in [0.25, 0.3) is 27.9 Å². The average Bonchev–Trinajstić information content (AvgIpc) is 3.24. The molecule has 0 aliphatic rings. The zero-order valence-electron chi connectivity index (χ0n) is 18.6. The van der Waals surface area contributed by atoms with E-state index in [0.717, 1.165) is 45.6 Å². The number of nitrogens with zero attached hydrogens (tertiary/aromatic N) is 2. The Balaban J connectivity index is 1.98. The number of primary amides is 1. The summed E-state index contributed by atoms with van der Waals surface area (Å²) in [6, 6.07) is 21.5. The highest BCUT2D eigenvalue weighted by Crippen LogP contribution is 2.36. The number of carbonyl (C=O) groups is 2. The Morgan fingerprint density at radius 1 is 0.970 bits per heavy atom. The molecule has 0 aliphatic heterocycles. The number of fused-ring (bicyclic) bond motifs is 1. The maximum atomic E-state index is 11.9. The number of nitrogens with two attached hydrogens (primary N) is 1. The first-order valence-electron chi connectivity index (χ1n) is 11.2. The lowest BCUT2D eigenvalue weighted by Crippen LogP contribution is -2.11. The molecule has 1 amide bonds. The second-order valence-corrected chi connectivity index (χ2v) is 8.09. The van der Waals surface area contributed by atoms with Crippen molar-refractivity contribution in [3.05, 3.63) is 83.6 Å². The van der Waals surface area contributed by atoms with Crippen LogP contribution in [0.2, 0.25) is 0 Å². The second-order valence-electron chi connectivity index (χ2n) is 8.09. The van der Waals surface area contributed by atoms with Crippen molar-refractivity contribution in [2.75, 3.05) is 0 Å². The third kappa shape index (κ3) is 4.65. The van der Waals surface area contributed by atoms with Gasteiger partial charge in [-0.2, -0.15) is 5.10 Å². The van der Waals surface area contributed by atoms with Gasteiger partial charge in [0.05, 0.1) is 11.2 Å². The van der Waals surface area contributed by atoms with Crippen molar-refractivity contribution in [2.24, 2.45) is 5.73 Å². The largest absolute Gasteiger partial charge is 0.481 e. The molecule has 0 saturated carbocycles. The Labute approximate surface area is 192 Å². The van der Waals surface area contributed by atoms with Crippen LogP contribution in [0.4, 0.5) is 0 Å². The van der Waals surface area contributed by atoms with Gasteiger partial charge in [-0.05, 0) is 61.1 Å². The summed E-state index contributed by atoms with van der Waals surface area (Å²) in [5.74, 6) is -1.27. The van der Waals surface area contributed by atoms with Gasteiger partial charge < -0.3 is 10.8 Å². The Kier molecular flexibility index (Phi) is 6.54. The molecule has 4 aromatic rings. The Morgan fingerprint density at radius 3 is 2.42 bits per heavy atom. The van der Waals surface area contributed by atoms with Crippen molar-refractivity contribution >= 4 is 17.4 Å². The maximum absolute atomic E-state index is 11.9. The molecule has 168 valence electrons. The predicted octanol–water partition coefficient (Wildman–Crippen LogP) is 5.13. The van der Waals surface area contributed by atoms with Crippen molar-refractivity contribution < 1.29 is 14.7 Å².